The molecule has 0 fully saturated rings. The molecule has 0 aliphatic heterocycles. The predicted octanol–water partition coefficient (Wildman–Crippen LogP) is 2.14. The largest absolute Gasteiger partial charge is 0.320 e. The summed E-state index contributed by atoms with van der Waals surface area (Å²) in [4.78, 5) is 11.4. The number of carbonyl (C=O) groups excluding carboxylic acids is 1. The van der Waals surface area contributed by atoms with Crippen molar-refractivity contribution in [2.24, 2.45) is 5.73 Å². The summed E-state index contributed by atoms with van der Waals surface area (Å²) in [6, 6.07) is 7.71. The molecule has 0 saturated carbocycles. The van der Waals surface area contributed by atoms with Crippen molar-refractivity contribution in [1.82, 2.24) is 10.2 Å². The van der Waals surface area contributed by atoms with Crippen molar-refractivity contribution in [3.05, 3.63) is 40.4 Å². The van der Waals surface area contributed by atoms with E-state index in [4.69, 9.17) is 5.73 Å². The Morgan fingerprint density at radius 2 is 2.00 bits per heavy atom. The van der Waals surface area contributed by atoms with Crippen LogP contribution in [-0.2, 0) is 11.2 Å². The number of halogens is 1. The van der Waals surface area contributed by atoms with Gasteiger partial charge in [-0.05, 0) is 19.4 Å². The summed E-state index contributed by atoms with van der Waals surface area (Å²) in [7, 11) is 0. The highest BCUT2D eigenvalue weighted by atomic mass is 35.5. The number of amides is 1. The molecule has 2 rings (SSSR count). The number of aryl methyl sites for hydroxylation is 1. The quantitative estimate of drug-likeness (QED) is 0.906. The van der Waals surface area contributed by atoms with Crippen LogP contribution in [0, 0.1) is 6.92 Å². The molecular formula is C13H17ClN4OS. The SMILES string of the molecule is Cc1ccc(Cc2nnc(NC(=O)[C@H](C)N)s2)cc1.Cl. The highest BCUT2D eigenvalue weighted by molar-refractivity contribution is 7.15. The molecule has 1 heterocycles. The molecule has 0 saturated heterocycles. The van der Waals surface area contributed by atoms with Gasteiger partial charge in [0.25, 0.3) is 0 Å². The van der Waals surface area contributed by atoms with Crippen LogP contribution in [-0.4, -0.2) is 22.1 Å². The summed E-state index contributed by atoms with van der Waals surface area (Å²) >= 11 is 1.37. The minimum atomic E-state index is -0.551. The zero-order chi connectivity index (χ0) is 13.8. The van der Waals surface area contributed by atoms with Crippen molar-refractivity contribution in [2.45, 2.75) is 26.3 Å². The minimum absolute atomic E-state index is 0. The smallest absolute Gasteiger partial charge is 0.242 e. The van der Waals surface area contributed by atoms with Gasteiger partial charge in [0, 0.05) is 6.42 Å². The van der Waals surface area contributed by atoms with Crippen molar-refractivity contribution in [2.75, 3.05) is 5.32 Å². The normalized spacial score (nSPS) is 11.6. The van der Waals surface area contributed by atoms with Crippen LogP contribution < -0.4 is 11.1 Å². The van der Waals surface area contributed by atoms with E-state index in [1.54, 1.807) is 6.92 Å². The van der Waals surface area contributed by atoms with Crippen LogP contribution in [0.25, 0.3) is 0 Å². The molecule has 2 aromatic rings. The van der Waals surface area contributed by atoms with E-state index < -0.39 is 6.04 Å². The van der Waals surface area contributed by atoms with E-state index in [1.165, 1.54) is 22.5 Å². The average molecular weight is 313 g/mol. The van der Waals surface area contributed by atoms with Crippen molar-refractivity contribution in [1.29, 1.82) is 0 Å². The summed E-state index contributed by atoms with van der Waals surface area (Å²) in [5.74, 6) is -0.252. The van der Waals surface area contributed by atoms with Gasteiger partial charge in [0.15, 0.2) is 0 Å². The first-order valence-corrected chi connectivity index (χ1v) is 6.80. The minimum Gasteiger partial charge on any atom is -0.320 e. The number of rotatable bonds is 4. The van der Waals surface area contributed by atoms with Crippen LogP contribution in [0.1, 0.15) is 23.1 Å². The van der Waals surface area contributed by atoms with Crippen LogP contribution in [0.15, 0.2) is 24.3 Å². The molecule has 0 aliphatic carbocycles. The lowest BCUT2D eigenvalue weighted by atomic mass is 10.1. The second-order valence-corrected chi connectivity index (χ2v) is 5.50. The highest BCUT2D eigenvalue weighted by Crippen LogP contribution is 2.18. The third kappa shape index (κ3) is 4.56. The van der Waals surface area contributed by atoms with Gasteiger partial charge in [0.2, 0.25) is 11.0 Å². The number of hydrogen-bond donors (Lipinski definition) is 2. The van der Waals surface area contributed by atoms with Crippen LogP contribution in [0.3, 0.4) is 0 Å². The summed E-state index contributed by atoms with van der Waals surface area (Å²) < 4.78 is 0. The van der Waals surface area contributed by atoms with E-state index in [0.29, 0.717) is 11.6 Å². The molecule has 1 aromatic carbocycles. The Labute approximate surface area is 128 Å². The molecule has 7 heteroatoms. The number of nitrogens with two attached hydrogens (primary N) is 1. The number of aromatic nitrogens is 2. The number of anilines is 1. The number of carbonyl (C=O) groups is 1. The molecule has 0 spiro atoms. The van der Waals surface area contributed by atoms with E-state index in [9.17, 15) is 4.79 Å². The summed E-state index contributed by atoms with van der Waals surface area (Å²) in [6.45, 7) is 3.68. The molecule has 1 amide bonds. The maximum absolute atomic E-state index is 11.4. The van der Waals surface area contributed by atoms with E-state index in [-0.39, 0.29) is 18.3 Å². The van der Waals surface area contributed by atoms with Gasteiger partial charge in [-0.3, -0.25) is 10.1 Å². The number of nitrogens with zero attached hydrogens (tertiary/aromatic N) is 2. The van der Waals surface area contributed by atoms with Gasteiger partial charge in [-0.15, -0.1) is 22.6 Å². The Bertz CT molecular complexity index is 568. The molecule has 1 aromatic heterocycles. The van der Waals surface area contributed by atoms with E-state index in [2.05, 4.69) is 46.7 Å². The number of hydrogen-bond acceptors (Lipinski definition) is 5. The van der Waals surface area contributed by atoms with Gasteiger partial charge in [-0.2, -0.15) is 0 Å². The maximum Gasteiger partial charge on any atom is 0.242 e. The van der Waals surface area contributed by atoms with Crippen molar-refractivity contribution >= 4 is 34.8 Å². The van der Waals surface area contributed by atoms with E-state index in [1.807, 2.05) is 0 Å². The van der Waals surface area contributed by atoms with Gasteiger partial charge in [0.05, 0.1) is 6.04 Å². The monoisotopic (exact) mass is 312 g/mol. The fourth-order valence-corrected chi connectivity index (χ4v) is 2.25. The van der Waals surface area contributed by atoms with Crippen LogP contribution >= 0.6 is 23.7 Å². The molecule has 1 atom stereocenters. The molecule has 3 N–H and O–H groups in total. The summed E-state index contributed by atoms with van der Waals surface area (Å²) in [5.41, 5.74) is 7.87. The Morgan fingerprint density at radius 3 is 2.60 bits per heavy atom. The van der Waals surface area contributed by atoms with Gasteiger partial charge in [-0.1, -0.05) is 41.2 Å². The average Bonchev–Trinajstić information content (AvgIpc) is 2.79. The molecular weight excluding hydrogens is 296 g/mol. The van der Waals surface area contributed by atoms with Crippen molar-refractivity contribution < 1.29 is 4.79 Å². The zero-order valence-corrected chi connectivity index (χ0v) is 12.9. The van der Waals surface area contributed by atoms with Crippen LogP contribution in [0.2, 0.25) is 0 Å². The molecule has 0 bridgehead atoms. The predicted molar refractivity (Wildman–Crippen MR) is 83.4 cm³/mol. The lowest BCUT2D eigenvalue weighted by Crippen LogP contribution is -2.32. The maximum atomic E-state index is 11.4. The first kappa shape index (κ1) is 16.6. The fraction of sp³-hybridized carbons (Fsp3) is 0.308. The van der Waals surface area contributed by atoms with E-state index in [0.717, 1.165) is 5.01 Å². The standard InChI is InChI=1S/C13H16N4OS.ClH/c1-8-3-5-10(6-4-8)7-11-16-17-13(19-11)15-12(18)9(2)14;/h3-6,9H,7,14H2,1-2H3,(H,15,17,18);1H/t9-;/m0./s1. The van der Waals surface area contributed by atoms with Crippen molar-refractivity contribution in [3.8, 4) is 0 Å². The number of nitrogens with one attached hydrogen (secondary N) is 1. The number of benzene rings is 1. The van der Waals surface area contributed by atoms with Crippen LogP contribution in [0.4, 0.5) is 5.13 Å². The Hall–Kier alpha value is -1.50. The topological polar surface area (TPSA) is 80.9 Å². The Balaban J connectivity index is 0.00000200. The molecule has 0 aliphatic rings. The molecule has 0 radical (unpaired) electrons. The third-order valence-electron chi connectivity index (χ3n) is 2.59. The fourth-order valence-electron chi connectivity index (χ4n) is 1.48. The summed E-state index contributed by atoms with van der Waals surface area (Å²) in [5, 5.41) is 12.0. The first-order chi connectivity index (χ1) is 9.04. The van der Waals surface area contributed by atoms with Gasteiger partial charge < -0.3 is 5.73 Å². The Kier molecular flexibility index (Phi) is 6.06. The highest BCUT2D eigenvalue weighted by Gasteiger charge is 2.11. The molecule has 108 valence electrons. The second-order valence-electron chi connectivity index (χ2n) is 4.44. The van der Waals surface area contributed by atoms with Gasteiger partial charge >= 0.3 is 0 Å². The third-order valence-corrected chi connectivity index (χ3v) is 3.43. The van der Waals surface area contributed by atoms with Crippen LogP contribution in [0.5, 0.6) is 0 Å². The first-order valence-electron chi connectivity index (χ1n) is 5.99. The summed E-state index contributed by atoms with van der Waals surface area (Å²) in [6.07, 6.45) is 0.714. The second kappa shape index (κ2) is 7.33. The molecule has 5 nitrogen and oxygen atoms in total. The molecule has 0 unspecified atom stereocenters. The lowest BCUT2D eigenvalue weighted by Gasteiger charge is -2.02. The van der Waals surface area contributed by atoms with Gasteiger partial charge in [0.1, 0.15) is 5.01 Å². The van der Waals surface area contributed by atoms with E-state index >= 15 is 0 Å². The Morgan fingerprint density at radius 1 is 1.35 bits per heavy atom. The zero-order valence-electron chi connectivity index (χ0n) is 11.3. The molecule has 20 heavy (non-hydrogen) atoms. The lowest BCUT2D eigenvalue weighted by molar-refractivity contribution is -0.117. The van der Waals surface area contributed by atoms with Crippen molar-refractivity contribution in [3.63, 3.8) is 0 Å². The van der Waals surface area contributed by atoms with Gasteiger partial charge in [-0.25, -0.2) is 0 Å².